The van der Waals surface area contributed by atoms with Gasteiger partial charge in [0.1, 0.15) is 12.4 Å². The fourth-order valence-electron chi connectivity index (χ4n) is 4.87. The molecule has 1 atom stereocenters. The van der Waals surface area contributed by atoms with E-state index in [1.807, 2.05) is 36.4 Å². The molecule has 0 aliphatic carbocycles. The molecule has 1 N–H and O–H groups in total. The van der Waals surface area contributed by atoms with Crippen LogP contribution in [0.4, 0.5) is 5.13 Å². The van der Waals surface area contributed by atoms with Crippen LogP contribution in [0.15, 0.2) is 88.5 Å². The maximum absolute atomic E-state index is 14.0. The Labute approximate surface area is 281 Å². The second-order valence-corrected chi connectivity index (χ2v) is 14.3. The second-order valence-electron chi connectivity index (χ2n) is 10.0. The SMILES string of the molecule is Cc1nc(C)c(C(=O)C2=C(O)C(=O)N(c3nnc(SCc4ccc(Cl)cc4Cl)s3)C2c2cccc(OCc3ccccc3)c2)s1. The van der Waals surface area contributed by atoms with Gasteiger partial charge in [-0.3, -0.25) is 14.5 Å². The first-order chi connectivity index (χ1) is 21.7. The average molecular weight is 696 g/mol. The maximum Gasteiger partial charge on any atom is 0.296 e. The Balaban J connectivity index is 1.34. The Kier molecular flexibility index (Phi) is 9.25. The molecule has 2 aromatic heterocycles. The number of hydrogen-bond acceptors (Lipinski definition) is 10. The summed E-state index contributed by atoms with van der Waals surface area (Å²) in [5.41, 5.74) is 2.90. The van der Waals surface area contributed by atoms with Crippen molar-refractivity contribution in [1.29, 1.82) is 0 Å². The van der Waals surface area contributed by atoms with E-state index in [1.165, 1.54) is 39.3 Å². The fourth-order valence-corrected chi connectivity index (χ4v) is 8.17. The van der Waals surface area contributed by atoms with E-state index >= 15 is 0 Å². The summed E-state index contributed by atoms with van der Waals surface area (Å²) in [7, 11) is 0. The van der Waals surface area contributed by atoms with Crippen LogP contribution in [0.3, 0.4) is 0 Å². The predicted octanol–water partition coefficient (Wildman–Crippen LogP) is 8.57. The predicted molar refractivity (Wildman–Crippen MR) is 179 cm³/mol. The molecule has 0 spiro atoms. The van der Waals surface area contributed by atoms with Gasteiger partial charge in [0.15, 0.2) is 10.1 Å². The summed E-state index contributed by atoms with van der Waals surface area (Å²) in [4.78, 5) is 33.8. The lowest BCUT2D eigenvalue weighted by atomic mass is 9.95. The number of thioether (sulfide) groups is 1. The van der Waals surface area contributed by atoms with Crippen molar-refractivity contribution in [3.8, 4) is 5.75 Å². The minimum atomic E-state index is -0.983. The van der Waals surface area contributed by atoms with E-state index < -0.39 is 23.5 Å². The molecule has 5 aromatic rings. The summed E-state index contributed by atoms with van der Waals surface area (Å²) in [6.45, 7) is 3.87. The fraction of sp³-hybridized carbons (Fsp3) is 0.156. The molecule has 13 heteroatoms. The molecule has 45 heavy (non-hydrogen) atoms. The normalized spacial score (nSPS) is 14.8. The number of halogens is 2. The quantitative estimate of drug-likeness (QED) is 0.0881. The van der Waals surface area contributed by atoms with E-state index in [0.717, 1.165) is 11.1 Å². The van der Waals surface area contributed by atoms with Crippen molar-refractivity contribution in [3.05, 3.63) is 126 Å². The molecule has 0 saturated heterocycles. The number of carbonyl (C=O) groups is 2. The molecule has 0 bridgehead atoms. The molecule has 0 fully saturated rings. The van der Waals surface area contributed by atoms with Crippen LogP contribution in [0, 0.1) is 13.8 Å². The van der Waals surface area contributed by atoms with Crippen LogP contribution in [0.1, 0.15) is 43.1 Å². The van der Waals surface area contributed by atoms with Crippen LogP contribution >= 0.6 is 57.6 Å². The average Bonchev–Trinajstić information content (AvgIpc) is 3.71. The van der Waals surface area contributed by atoms with Crippen LogP contribution in [-0.4, -0.2) is 32.0 Å². The summed E-state index contributed by atoms with van der Waals surface area (Å²) >= 11 is 16.2. The van der Waals surface area contributed by atoms with Gasteiger partial charge in [0, 0.05) is 15.8 Å². The highest BCUT2D eigenvalue weighted by Gasteiger charge is 2.47. The number of aryl methyl sites for hydroxylation is 2. The van der Waals surface area contributed by atoms with Crippen molar-refractivity contribution in [2.75, 3.05) is 4.90 Å². The second kappa shape index (κ2) is 13.3. The van der Waals surface area contributed by atoms with Gasteiger partial charge < -0.3 is 9.84 Å². The molecular weight excluding hydrogens is 671 g/mol. The van der Waals surface area contributed by atoms with Crippen molar-refractivity contribution in [2.24, 2.45) is 0 Å². The summed E-state index contributed by atoms with van der Waals surface area (Å²) in [6, 6.07) is 21.2. The van der Waals surface area contributed by atoms with Gasteiger partial charge in [-0.2, -0.15) is 0 Å². The molecule has 1 aliphatic rings. The van der Waals surface area contributed by atoms with Crippen LogP contribution in [0.5, 0.6) is 5.75 Å². The van der Waals surface area contributed by atoms with Gasteiger partial charge in [0.05, 0.1) is 27.2 Å². The van der Waals surface area contributed by atoms with Gasteiger partial charge in [0.2, 0.25) is 10.9 Å². The number of Topliss-reactive ketones (excluding diaryl/α,β-unsaturated/α-hetero) is 1. The minimum Gasteiger partial charge on any atom is -0.503 e. The highest BCUT2D eigenvalue weighted by molar-refractivity contribution is 8.00. The zero-order valence-corrected chi connectivity index (χ0v) is 27.8. The Morgan fingerprint density at radius 3 is 2.56 bits per heavy atom. The third-order valence-corrected chi connectivity index (χ3v) is 10.7. The van der Waals surface area contributed by atoms with E-state index in [-0.39, 0.29) is 10.7 Å². The van der Waals surface area contributed by atoms with Crippen molar-refractivity contribution < 1.29 is 19.4 Å². The highest BCUT2D eigenvalue weighted by Crippen LogP contribution is 2.45. The Morgan fingerprint density at radius 2 is 1.82 bits per heavy atom. The summed E-state index contributed by atoms with van der Waals surface area (Å²) in [5.74, 6) is -0.807. The number of thiazole rings is 1. The summed E-state index contributed by atoms with van der Waals surface area (Å²) < 4.78 is 6.64. The lowest BCUT2D eigenvalue weighted by Crippen LogP contribution is -2.31. The number of ether oxygens (including phenoxy) is 1. The van der Waals surface area contributed by atoms with Crippen molar-refractivity contribution in [1.82, 2.24) is 15.2 Å². The first kappa shape index (κ1) is 31.3. The first-order valence-corrected chi connectivity index (χ1v) is 17.0. The molecule has 1 unspecified atom stereocenters. The van der Waals surface area contributed by atoms with Gasteiger partial charge >= 0.3 is 0 Å². The van der Waals surface area contributed by atoms with Crippen molar-refractivity contribution in [2.45, 2.75) is 36.6 Å². The molecule has 0 radical (unpaired) electrons. The van der Waals surface area contributed by atoms with Crippen LogP contribution < -0.4 is 9.64 Å². The number of ketones is 1. The summed E-state index contributed by atoms with van der Waals surface area (Å²) in [5, 5.41) is 21.8. The van der Waals surface area contributed by atoms with Crippen molar-refractivity contribution >= 4 is 74.5 Å². The number of benzene rings is 3. The number of nitrogens with zero attached hydrogens (tertiary/aromatic N) is 4. The minimum absolute atomic E-state index is 0.0516. The Hall–Kier alpha value is -3.74. The Bertz CT molecular complexity index is 1940. The van der Waals surface area contributed by atoms with Crippen LogP contribution in [0.25, 0.3) is 0 Å². The highest BCUT2D eigenvalue weighted by atomic mass is 35.5. The van der Waals surface area contributed by atoms with Gasteiger partial charge in [0.25, 0.3) is 5.91 Å². The van der Waals surface area contributed by atoms with E-state index in [0.29, 0.717) is 53.6 Å². The lowest BCUT2D eigenvalue weighted by Gasteiger charge is -2.24. The van der Waals surface area contributed by atoms with E-state index in [2.05, 4.69) is 15.2 Å². The zero-order valence-electron chi connectivity index (χ0n) is 23.9. The number of carbonyl (C=O) groups excluding carboxylic acids is 2. The molecule has 228 valence electrons. The number of aliphatic hydroxyl groups excluding tert-OH is 1. The molecule has 3 heterocycles. The van der Waals surface area contributed by atoms with Gasteiger partial charge in [-0.05, 0) is 54.8 Å². The van der Waals surface area contributed by atoms with Crippen LogP contribution in [-0.2, 0) is 17.2 Å². The topological polar surface area (TPSA) is 106 Å². The number of anilines is 1. The molecule has 1 amide bonds. The number of hydrogen-bond donors (Lipinski definition) is 1. The maximum atomic E-state index is 14.0. The number of amides is 1. The summed E-state index contributed by atoms with van der Waals surface area (Å²) in [6.07, 6.45) is 0. The number of aromatic nitrogens is 3. The molecule has 3 aromatic carbocycles. The molecule has 6 rings (SSSR count). The third-order valence-electron chi connectivity index (χ3n) is 6.95. The van der Waals surface area contributed by atoms with E-state index in [1.54, 1.807) is 50.2 Å². The van der Waals surface area contributed by atoms with Gasteiger partial charge in [-0.1, -0.05) is 94.8 Å². The standard InChI is InChI=1S/C32H24Cl2N4O4S3/c1-17-29(44-18(2)35-17)27(39)25-26(20-9-6-10-23(13-20)42-15-19-7-4-3-5-8-19)38(30(41)28(25)40)31-36-37-32(45-31)43-16-21-11-12-22(33)14-24(21)34/h3-14,26,40H,15-16H2,1-2H3. The molecular formula is C32H24Cl2N4O4S3. The van der Waals surface area contributed by atoms with Gasteiger partial charge in [-0.25, -0.2) is 4.98 Å². The number of rotatable bonds is 10. The zero-order chi connectivity index (χ0) is 31.7. The monoisotopic (exact) mass is 694 g/mol. The largest absolute Gasteiger partial charge is 0.503 e. The third kappa shape index (κ3) is 6.63. The molecule has 0 saturated carbocycles. The smallest absolute Gasteiger partial charge is 0.296 e. The van der Waals surface area contributed by atoms with Gasteiger partial charge in [-0.15, -0.1) is 21.5 Å². The van der Waals surface area contributed by atoms with Crippen LogP contribution in [0.2, 0.25) is 10.0 Å². The van der Waals surface area contributed by atoms with E-state index in [9.17, 15) is 14.7 Å². The lowest BCUT2D eigenvalue weighted by molar-refractivity contribution is -0.117. The number of aliphatic hydroxyl groups is 1. The Morgan fingerprint density at radius 1 is 1.02 bits per heavy atom. The van der Waals surface area contributed by atoms with Crippen molar-refractivity contribution in [3.63, 3.8) is 0 Å². The molecule has 8 nitrogen and oxygen atoms in total. The first-order valence-electron chi connectivity index (χ1n) is 13.6. The molecule has 1 aliphatic heterocycles. The van der Waals surface area contributed by atoms with E-state index in [4.69, 9.17) is 27.9 Å².